The summed E-state index contributed by atoms with van der Waals surface area (Å²) in [6, 6.07) is 0. The first-order valence-electron chi connectivity index (χ1n) is 6.66. The van der Waals surface area contributed by atoms with Gasteiger partial charge in [0.05, 0.1) is 0 Å². The van der Waals surface area contributed by atoms with E-state index >= 15 is 0 Å². The minimum atomic E-state index is 0.775. The number of hydrogen-bond acceptors (Lipinski definition) is 5. The maximum atomic E-state index is 5.29. The first-order chi connectivity index (χ1) is 8.79. The van der Waals surface area contributed by atoms with E-state index in [2.05, 4.69) is 27.5 Å². The van der Waals surface area contributed by atoms with Crippen molar-refractivity contribution >= 4 is 11.6 Å². The summed E-state index contributed by atoms with van der Waals surface area (Å²) in [7, 11) is 0. The van der Waals surface area contributed by atoms with Gasteiger partial charge in [-0.25, -0.2) is 9.97 Å². The molecule has 0 amide bonds. The van der Waals surface area contributed by atoms with E-state index in [-0.39, 0.29) is 0 Å². The van der Waals surface area contributed by atoms with Gasteiger partial charge in [-0.2, -0.15) is 0 Å². The number of nitrogens with one attached hydrogen (secondary N) is 2. The van der Waals surface area contributed by atoms with Gasteiger partial charge >= 0.3 is 0 Å². The second-order valence-corrected chi connectivity index (χ2v) is 4.10. The Kier molecular flexibility index (Phi) is 7.10. The SMILES string of the molecule is CCCNc1ncnc(NCCCOCC)c1C. The average Bonchev–Trinajstić information content (AvgIpc) is 2.39. The van der Waals surface area contributed by atoms with Gasteiger partial charge in [0.2, 0.25) is 0 Å². The molecular formula is C13H24N4O. The van der Waals surface area contributed by atoms with Crippen molar-refractivity contribution in [2.24, 2.45) is 0 Å². The third kappa shape index (κ3) is 4.87. The third-order valence-corrected chi connectivity index (χ3v) is 2.59. The summed E-state index contributed by atoms with van der Waals surface area (Å²) in [6.45, 7) is 9.53. The summed E-state index contributed by atoms with van der Waals surface area (Å²) in [5.74, 6) is 1.82. The molecule has 5 nitrogen and oxygen atoms in total. The zero-order chi connectivity index (χ0) is 13.2. The molecule has 0 spiro atoms. The van der Waals surface area contributed by atoms with Crippen LogP contribution in [-0.2, 0) is 4.74 Å². The Morgan fingerprint density at radius 2 is 1.78 bits per heavy atom. The highest BCUT2D eigenvalue weighted by Crippen LogP contribution is 2.17. The predicted molar refractivity (Wildman–Crippen MR) is 75.1 cm³/mol. The summed E-state index contributed by atoms with van der Waals surface area (Å²) < 4.78 is 5.29. The molecule has 1 heterocycles. The number of anilines is 2. The normalized spacial score (nSPS) is 10.4. The molecule has 0 unspecified atom stereocenters. The lowest BCUT2D eigenvalue weighted by Gasteiger charge is -2.12. The Bertz CT molecular complexity index is 344. The number of rotatable bonds is 9. The standard InChI is InChI=1S/C13H24N4O/c1-4-7-14-12-11(3)13(17-10-16-12)15-8-6-9-18-5-2/h10H,4-9H2,1-3H3,(H2,14,15,16,17). The summed E-state index contributed by atoms with van der Waals surface area (Å²) in [5, 5.41) is 6.62. The third-order valence-electron chi connectivity index (χ3n) is 2.59. The zero-order valence-corrected chi connectivity index (χ0v) is 11.6. The molecule has 0 bridgehead atoms. The van der Waals surface area contributed by atoms with Crippen LogP contribution in [0.2, 0.25) is 0 Å². The van der Waals surface area contributed by atoms with Crippen molar-refractivity contribution in [3.63, 3.8) is 0 Å². The van der Waals surface area contributed by atoms with Crippen LogP contribution in [0.3, 0.4) is 0 Å². The van der Waals surface area contributed by atoms with Gasteiger partial charge in [0.25, 0.3) is 0 Å². The van der Waals surface area contributed by atoms with Gasteiger partial charge in [0.1, 0.15) is 18.0 Å². The summed E-state index contributed by atoms with van der Waals surface area (Å²) >= 11 is 0. The Hall–Kier alpha value is -1.36. The molecular weight excluding hydrogens is 228 g/mol. The van der Waals surface area contributed by atoms with Crippen LogP contribution in [0.4, 0.5) is 11.6 Å². The molecule has 5 heteroatoms. The van der Waals surface area contributed by atoms with E-state index in [0.29, 0.717) is 0 Å². The first-order valence-corrected chi connectivity index (χ1v) is 6.66. The highest BCUT2D eigenvalue weighted by Gasteiger charge is 2.05. The summed E-state index contributed by atoms with van der Waals surface area (Å²) in [6.07, 6.45) is 3.66. The topological polar surface area (TPSA) is 59.1 Å². The molecule has 0 saturated heterocycles. The van der Waals surface area contributed by atoms with Crippen LogP contribution in [0.1, 0.15) is 32.3 Å². The number of nitrogens with zero attached hydrogens (tertiary/aromatic N) is 2. The molecule has 0 aliphatic rings. The quantitative estimate of drug-likeness (QED) is 0.661. The minimum absolute atomic E-state index is 0.775. The van der Waals surface area contributed by atoms with E-state index in [9.17, 15) is 0 Å². The monoisotopic (exact) mass is 252 g/mol. The van der Waals surface area contributed by atoms with Crippen LogP contribution in [0.15, 0.2) is 6.33 Å². The van der Waals surface area contributed by atoms with Crippen molar-refractivity contribution in [2.45, 2.75) is 33.6 Å². The molecule has 0 radical (unpaired) electrons. The van der Waals surface area contributed by atoms with Gasteiger partial charge in [0.15, 0.2) is 0 Å². The molecule has 102 valence electrons. The van der Waals surface area contributed by atoms with Crippen molar-refractivity contribution in [3.05, 3.63) is 11.9 Å². The van der Waals surface area contributed by atoms with Gasteiger partial charge < -0.3 is 15.4 Å². The number of hydrogen-bond donors (Lipinski definition) is 2. The Balaban J connectivity index is 2.44. The van der Waals surface area contributed by atoms with Crippen LogP contribution in [0, 0.1) is 6.92 Å². The molecule has 0 saturated carbocycles. The number of aromatic nitrogens is 2. The molecule has 1 aromatic rings. The van der Waals surface area contributed by atoms with Crippen LogP contribution in [0.25, 0.3) is 0 Å². The fourth-order valence-electron chi connectivity index (χ4n) is 1.58. The maximum absolute atomic E-state index is 5.29. The fraction of sp³-hybridized carbons (Fsp3) is 0.692. The van der Waals surface area contributed by atoms with Gasteiger partial charge in [-0.15, -0.1) is 0 Å². The molecule has 1 rings (SSSR count). The largest absolute Gasteiger partial charge is 0.382 e. The highest BCUT2D eigenvalue weighted by molar-refractivity contribution is 5.56. The Morgan fingerprint density at radius 3 is 2.39 bits per heavy atom. The lowest BCUT2D eigenvalue weighted by Crippen LogP contribution is -2.11. The molecule has 2 N–H and O–H groups in total. The van der Waals surface area contributed by atoms with Crippen LogP contribution < -0.4 is 10.6 Å². The van der Waals surface area contributed by atoms with Crippen LogP contribution in [-0.4, -0.2) is 36.3 Å². The Morgan fingerprint density at radius 1 is 1.11 bits per heavy atom. The lowest BCUT2D eigenvalue weighted by molar-refractivity contribution is 0.147. The van der Waals surface area contributed by atoms with E-state index in [4.69, 9.17) is 4.74 Å². The van der Waals surface area contributed by atoms with Crippen molar-refractivity contribution < 1.29 is 4.74 Å². The maximum Gasteiger partial charge on any atom is 0.134 e. The van der Waals surface area contributed by atoms with Crippen molar-refractivity contribution in [1.82, 2.24) is 9.97 Å². The van der Waals surface area contributed by atoms with Gasteiger partial charge in [0, 0.05) is 31.9 Å². The average molecular weight is 252 g/mol. The predicted octanol–water partition coefficient (Wildman–Crippen LogP) is 2.45. The second-order valence-electron chi connectivity index (χ2n) is 4.10. The fourth-order valence-corrected chi connectivity index (χ4v) is 1.58. The first kappa shape index (κ1) is 14.7. The lowest BCUT2D eigenvalue weighted by atomic mass is 10.3. The van der Waals surface area contributed by atoms with E-state index in [1.165, 1.54) is 0 Å². The smallest absolute Gasteiger partial charge is 0.134 e. The minimum Gasteiger partial charge on any atom is -0.382 e. The van der Waals surface area contributed by atoms with E-state index in [0.717, 1.165) is 56.3 Å². The zero-order valence-electron chi connectivity index (χ0n) is 11.6. The van der Waals surface area contributed by atoms with Gasteiger partial charge in [-0.1, -0.05) is 6.92 Å². The van der Waals surface area contributed by atoms with Gasteiger partial charge in [-0.05, 0) is 26.7 Å². The summed E-state index contributed by atoms with van der Waals surface area (Å²) in [5.41, 5.74) is 1.07. The number of ether oxygens (including phenoxy) is 1. The highest BCUT2D eigenvalue weighted by atomic mass is 16.5. The van der Waals surface area contributed by atoms with E-state index < -0.39 is 0 Å². The molecule has 0 aliphatic carbocycles. The van der Waals surface area contributed by atoms with Gasteiger partial charge in [-0.3, -0.25) is 0 Å². The van der Waals surface area contributed by atoms with Crippen LogP contribution >= 0.6 is 0 Å². The van der Waals surface area contributed by atoms with Crippen molar-refractivity contribution in [1.29, 1.82) is 0 Å². The van der Waals surface area contributed by atoms with Crippen molar-refractivity contribution in [2.75, 3.05) is 36.9 Å². The molecule has 0 aromatic carbocycles. The molecule has 0 aliphatic heterocycles. The second kappa shape index (κ2) is 8.69. The molecule has 0 atom stereocenters. The van der Waals surface area contributed by atoms with E-state index in [1.54, 1.807) is 6.33 Å². The van der Waals surface area contributed by atoms with Crippen molar-refractivity contribution in [3.8, 4) is 0 Å². The van der Waals surface area contributed by atoms with E-state index in [1.807, 2.05) is 13.8 Å². The molecule has 0 fully saturated rings. The molecule has 18 heavy (non-hydrogen) atoms. The Labute approximate surface area is 109 Å². The molecule has 1 aromatic heterocycles. The summed E-state index contributed by atoms with van der Waals surface area (Å²) in [4.78, 5) is 8.51. The van der Waals surface area contributed by atoms with Crippen LogP contribution in [0.5, 0.6) is 0 Å².